The fraction of sp³-hybridized carbons (Fsp3) is 1.00. The Bertz CT molecular complexity index is 151. The minimum atomic E-state index is 0. The lowest BCUT2D eigenvalue weighted by atomic mass is 10.5. The first-order valence-corrected chi connectivity index (χ1v) is 5.41. The highest BCUT2D eigenvalue weighted by Crippen LogP contribution is 2.08. The molecule has 0 radical (unpaired) electrons. The van der Waals surface area contributed by atoms with Crippen LogP contribution in [-0.4, -0.2) is 70.5 Å². The van der Waals surface area contributed by atoms with E-state index in [0.29, 0.717) is 51.8 Å². The molecule has 2 unspecified atom stereocenters. The van der Waals surface area contributed by atoms with Gasteiger partial charge >= 0.3 is 0 Å². The second-order valence-corrected chi connectivity index (χ2v) is 3.67. The van der Waals surface area contributed by atoms with Gasteiger partial charge in [-0.15, -0.1) is 0 Å². The highest BCUT2D eigenvalue weighted by atomic mass is 16.6. The van der Waals surface area contributed by atoms with Gasteiger partial charge < -0.3 is 29.2 Å². The third kappa shape index (κ3) is 7.10. The van der Waals surface area contributed by atoms with Crippen LogP contribution in [0.25, 0.3) is 0 Å². The Balaban J connectivity index is 0.00000128. The Hall–Kier alpha value is -0.240. The first kappa shape index (κ1) is 13.8. The van der Waals surface area contributed by atoms with Crippen molar-refractivity contribution in [1.29, 1.82) is 0 Å². The van der Waals surface area contributed by atoms with Crippen LogP contribution >= 0.6 is 0 Å². The largest absolute Gasteiger partial charge is 0.412 e. The van der Waals surface area contributed by atoms with Crippen LogP contribution in [0.1, 0.15) is 0 Å². The molecule has 0 aliphatic carbocycles. The highest BCUT2D eigenvalue weighted by Gasteiger charge is 2.22. The molecule has 0 aromatic heterocycles. The van der Waals surface area contributed by atoms with E-state index in [0.717, 1.165) is 13.2 Å². The van der Waals surface area contributed by atoms with E-state index in [1.807, 2.05) is 0 Å². The summed E-state index contributed by atoms with van der Waals surface area (Å²) in [6.45, 7) is 5.58. The zero-order chi connectivity index (χ0) is 10.3. The van der Waals surface area contributed by atoms with E-state index in [1.165, 1.54) is 0 Å². The second-order valence-electron chi connectivity index (χ2n) is 3.67. The smallest absolute Gasteiger partial charge is 0.104 e. The Morgan fingerprint density at radius 3 is 1.50 bits per heavy atom. The van der Waals surface area contributed by atoms with Crippen molar-refractivity contribution in [1.82, 2.24) is 0 Å². The number of rotatable bonds is 10. The highest BCUT2D eigenvalue weighted by molar-refractivity contribution is 4.67. The SMILES string of the molecule is C(COCC1CO1)OCCOCC1CO1.O. The average Bonchev–Trinajstić information content (AvgIpc) is 3.10. The van der Waals surface area contributed by atoms with Gasteiger partial charge in [-0.25, -0.2) is 0 Å². The maximum absolute atomic E-state index is 5.31. The molecule has 96 valence electrons. The molecule has 6 nitrogen and oxygen atoms in total. The van der Waals surface area contributed by atoms with Crippen molar-refractivity contribution in [2.45, 2.75) is 12.2 Å². The number of epoxide rings is 2. The van der Waals surface area contributed by atoms with Crippen LogP contribution in [-0.2, 0) is 23.7 Å². The Kier molecular flexibility index (Phi) is 6.86. The first-order valence-electron chi connectivity index (χ1n) is 5.41. The normalized spacial score (nSPS) is 26.2. The van der Waals surface area contributed by atoms with Crippen LogP contribution in [0.15, 0.2) is 0 Å². The molecule has 2 fully saturated rings. The topological polar surface area (TPSA) is 84.2 Å². The molecule has 2 aliphatic heterocycles. The number of hydrogen-bond acceptors (Lipinski definition) is 5. The lowest BCUT2D eigenvalue weighted by molar-refractivity contribution is 0.00937. The van der Waals surface area contributed by atoms with Gasteiger partial charge in [-0.05, 0) is 0 Å². The third-order valence-corrected chi connectivity index (χ3v) is 2.16. The van der Waals surface area contributed by atoms with Crippen molar-refractivity contribution in [2.24, 2.45) is 0 Å². The molecule has 16 heavy (non-hydrogen) atoms. The van der Waals surface area contributed by atoms with E-state index < -0.39 is 0 Å². The predicted octanol–water partition coefficient (Wildman–Crippen LogP) is -0.991. The van der Waals surface area contributed by atoms with Gasteiger partial charge in [0.2, 0.25) is 0 Å². The van der Waals surface area contributed by atoms with Crippen molar-refractivity contribution in [3.05, 3.63) is 0 Å². The Morgan fingerprint density at radius 2 is 1.12 bits per heavy atom. The fourth-order valence-corrected chi connectivity index (χ4v) is 1.10. The van der Waals surface area contributed by atoms with Crippen molar-refractivity contribution < 1.29 is 29.2 Å². The summed E-state index contributed by atoms with van der Waals surface area (Å²) in [5, 5.41) is 0. The molecule has 0 amide bonds. The van der Waals surface area contributed by atoms with E-state index in [1.54, 1.807) is 0 Å². The molecule has 6 heteroatoms. The summed E-state index contributed by atoms with van der Waals surface area (Å²) in [6.07, 6.45) is 0.679. The summed E-state index contributed by atoms with van der Waals surface area (Å²) in [7, 11) is 0. The Labute approximate surface area is 95.1 Å². The van der Waals surface area contributed by atoms with E-state index in [9.17, 15) is 0 Å². The molecule has 0 aromatic rings. The number of ether oxygens (including phenoxy) is 5. The standard InChI is InChI=1S/C10H18O5.H2O/c1(3-12-5-9-7-14-9)11-2-4-13-6-10-8-15-10;/h9-10H,1-8H2;1H2. The van der Waals surface area contributed by atoms with Crippen molar-refractivity contribution in [3.8, 4) is 0 Å². The van der Waals surface area contributed by atoms with E-state index in [4.69, 9.17) is 23.7 Å². The summed E-state index contributed by atoms with van der Waals surface area (Å²) in [4.78, 5) is 0. The average molecular weight is 236 g/mol. The first-order chi connectivity index (χ1) is 7.45. The van der Waals surface area contributed by atoms with Crippen LogP contribution in [0.5, 0.6) is 0 Å². The summed E-state index contributed by atoms with van der Waals surface area (Å²) >= 11 is 0. The molecular formula is C10H20O6. The van der Waals surface area contributed by atoms with Crippen LogP contribution < -0.4 is 0 Å². The zero-order valence-corrected chi connectivity index (χ0v) is 9.35. The van der Waals surface area contributed by atoms with Crippen LogP contribution in [0.3, 0.4) is 0 Å². The molecular weight excluding hydrogens is 216 g/mol. The van der Waals surface area contributed by atoms with Gasteiger partial charge in [0, 0.05) is 0 Å². The fourth-order valence-electron chi connectivity index (χ4n) is 1.10. The zero-order valence-electron chi connectivity index (χ0n) is 9.35. The lowest BCUT2D eigenvalue weighted by Crippen LogP contribution is -2.12. The summed E-state index contributed by atoms with van der Waals surface area (Å²) in [5.74, 6) is 0. The van der Waals surface area contributed by atoms with E-state index in [-0.39, 0.29) is 5.48 Å². The van der Waals surface area contributed by atoms with Gasteiger partial charge in [0.15, 0.2) is 0 Å². The minimum Gasteiger partial charge on any atom is -0.412 e. The monoisotopic (exact) mass is 236 g/mol. The van der Waals surface area contributed by atoms with Gasteiger partial charge in [-0.3, -0.25) is 0 Å². The maximum Gasteiger partial charge on any atom is 0.104 e. The second kappa shape index (κ2) is 7.94. The van der Waals surface area contributed by atoms with Crippen molar-refractivity contribution in [2.75, 3.05) is 52.9 Å². The summed E-state index contributed by atoms with van der Waals surface area (Å²) < 4.78 is 25.9. The van der Waals surface area contributed by atoms with Crippen molar-refractivity contribution >= 4 is 0 Å². The quantitative estimate of drug-likeness (QED) is 0.359. The van der Waals surface area contributed by atoms with Gasteiger partial charge in [0.25, 0.3) is 0 Å². The van der Waals surface area contributed by atoms with E-state index >= 15 is 0 Å². The molecule has 2 heterocycles. The molecule has 2 saturated heterocycles. The van der Waals surface area contributed by atoms with Crippen molar-refractivity contribution in [3.63, 3.8) is 0 Å². The van der Waals surface area contributed by atoms with Crippen LogP contribution in [0, 0.1) is 0 Å². The summed E-state index contributed by atoms with van der Waals surface area (Å²) in [6, 6.07) is 0. The molecule has 0 aromatic carbocycles. The van der Waals surface area contributed by atoms with Crippen LogP contribution in [0.4, 0.5) is 0 Å². The van der Waals surface area contributed by atoms with Gasteiger partial charge in [0.05, 0.1) is 52.9 Å². The molecule has 0 bridgehead atoms. The molecule has 2 atom stereocenters. The van der Waals surface area contributed by atoms with Crippen LogP contribution in [0.2, 0.25) is 0 Å². The maximum atomic E-state index is 5.31. The predicted molar refractivity (Wildman–Crippen MR) is 55.6 cm³/mol. The Morgan fingerprint density at radius 1 is 0.750 bits per heavy atom. The van der Waals surface area contributed by atoms with E-state index in [2.05, 4.69) is 0 Å². The summed E-state index contributed by atoms with van der Waals surface area (Å²) in [5.41, 5.74) is 0. The molecule has 2 rings (SSSR count). The van der Waals surface area contributed by atoms with Gasteiger partial charge in [0.1, 0.15) is 12.2 Å². The molecule has 0 spiro atoms. The molecule has 2 N–H and O–H groups in total. The molecule has 2 aliphatic rings. The lowest BCUT2D eigenvalue weighted by Gasteiger charge is -2.05. The van der Waals surface area contributed by atoms with Gasteiger partial charge in [-0.2, -0.15) is 0 Å². The minimum absolute atomic E-state index is 0. The number of hydrogen-bond donors (Lipinski definition) is 0. The van der Waals surface area contributed by atoms with Gasteiger partial charge in [-0.1, -0.05) is 0 Å². The molecule has 0 saturated carbocycles. The third-order valence-electron chi connectivity index (χ3n) is 2.16.